The number of carbonyl (C=O) groups is 2. The van der Waals surface area contributed by atoms with Crippen LogP contribution in [-0.4, -0.2) is 21.6 Å². The standard InChI is InChI=1S/C20H14N2O3/c21-19(23)16-7-3-5-14(13-16)9-10-15-6-4-8-17(20(24)25)18(15)22-11-1-2-12-22/h1-8,11-13H,(H2,21,23)(H,24,25). The molecule has 1 heterocycles. The summed E-state index contributed by atoms with van der Waals surface area (Å²) in [5.74, 6) is 4.41. The third kappa shape index (κ3) is 3.43. The lowest BCUT2D eigenvalue weighted by atomic mass is 10.1. The van der Waals surface area contributed by atoms with Crippen molar-refractivity contribution in [3.63, 3.8) is 0 Å². The van der Waals surface area contributed by atoms with Crippen LogP contribution in [0.2, 0.25) is 0 Å². The van der Waals surface area contributed by atoms with E-state index in [1.807, 2.05) is 12.1 Å². The van der Waals surface area contributed by atoms with E-state index in [4.69, 9.17) is 5.73 Å². The lowest BCUT2D eigenvalue weighted by Crippen LogP contribution is -2.10. The van der Waals surface area contributed by atoms with Gasteiger partial charge in [-0.2, -0.15) is 0 Å². The number of hydrogen-bond acceptors (Lipinski definition) is 2. The van der Waals surface area contributed by atoms with Crippen LogP contribution in [-0.2, 0) is 0 Å². The van der Waals surface area contributed by atoms with Crippen LogP contribution >= 0.6 is 0 Å². The first-order valence-electron chi connectivity index (χ1n) is 7.48. The Morgan fingerprint density at radius 1 is 0.960 bits per heavy atom. The molecule has 25 heavy (non-hydrogen) atoms. The third-order valence-electron chi connectivity index (χ3n) is 3.62. The van der Waals surface area contributed by atoms with E-state index in [0.717, 1.165) is 0 Å². The van der Waals surface area contributed by atoms with Gasteiger partial charge in [0.25, 0.3) is 0 Å². The Morgan fingerprint density at radius 2 is 1.68 bits per heavy atom. The van der Waals surface area contributed by atoms with E-state index in [9.17, 15) is 14.7 Å². The molecule has 3 aromatic rings. The van der Waals surface area contributed by atoms with Crippen molar-refractivity contribution in [2.75, 3.05) is 0 Å². The van der Waals surface area contributed by atoms with Crippen molar-refractivity contribution in [2.45, 2.75) is 0 Å². The van der Waals surface area contributed by atoms with E-state index >= 15 is 0 Å². The maximum absolute atomic E-state index is 11.6. The largest absolute Gasteiger partial charge is 0.478 e. The average Bonchev–Trinajstić information content (AvgIpc) is 3.14. The van der Waals surface area contributed by atoms with Crippen molar-refractivity contribution >= 4 is 11.9 Å². The number of carbonyl (C=O) groups excluding carboxylic acids is 1. The first-order chi connectivity index (χ1) is 12.1. The Morgan fingerprint density at radius 3 is 2.36 bits per heavy atom. The SMILES string of the molecule is NC(=O)c1cccc(C#Cc2cccc(C(=O)O)c2-n2cccc2)c1. The Labute approximate surface area is 144 Å². The van der Waals surface area contributed by atoms with Crippen LogP contribution in [0.1, 0.15) is 31.8 Å². The highest BCUT2D eigenvalue weighted by atomic mass is 16.4. The van der Waals surface area contributed by atoms with Gasteiger partial charge in [0, 0.05) is 29.1 Å². The predicted molar refractivity (Wildman–Crippen MR) is 93.7 cm³/mol. The maximum atomic E-state index is 11.6. The topological polar surface area (TPSA) is 85.3 Å². The average molecular weight is 330 g/mol. The molecule has 1 amide bonds. The molecule has 0 unspecified atom stereocenters. The van der Waals surface area contributed by atoms with Crippen molar-refractivity contribution < 1.29 is 14.7 Å². The quantitative estimate of drug-likeness (QED) is 0.724. The number of amides is 1. The number of aromatic carboxylic acids is 1. The Bertz CT molecular complexity index is 1010. The molecule has 122 valence electrons. The van der Waals surface area contributed by atoms with E-state index in [1.165, 1.54) is 6.07 Å². The summed E-state index contributed by atoms with van der Waals surface area (Å²) >= 11 is 0. The molecule has 0 aliphatic heterocycles. The van der Waals surface area contributed by atoms with Gasteiger partial charge >= 0.3 is 5.97 Å². The highest BCUT2D eigenvalue weighted by Crippen LogP contribution is 2.20. The highest BCUT2D eigenvalue weighted by Gasteiger charge is 2.14. The van der Waals surface area contributed by atoms with Crippen molar-refractivity contribution in [1.82, 2.24) is 4.57 Å². The smallest absolute Gasteiger partial charge is 0.337 e. The molecule has 5 heteroatoms. The van der Waals surface area contributed by atoms with Crippen LogP contribution in [0.3, 0.4) is 0 Å². The summed E-state index contributed by atoms with van der Waals surface area (Å²) in [6.45, 7) is 0. The molecule has 5 nitrogen and oxygen atoms in total. The maximum Gasteiger partial charge on any atom is 0.337 e. The Balaban J connectivity index is 2.11. The van der Waals surface area contributed by atoms with E-state index in [2.05, 4.69) is 11.8 Å². The second kappa shape index (κ2) is 6.77. The molecule has 0 saturated heterocycles. The molecule has 2 aromatic carbocycles. The van der Waals surface area contributed by atoms with Crippen LogP contribution in [0.5, 0.6) is 0 Å². The molecule has 0 radical (unpaired) electrons. The fourth-order valence-corrected chi connectivity index (χ4v) is 2.47. The molecule has 0 aliphatic rings. The fourth-order valence-electron chi connectivity index (χ4n) is 2.47. The van der Waals surface area contributed by atoms with Gasteiger partial charge in [0.1, 0.15) is 0 Å². The first-order valence-corrected chi connectivity index (χ1v) is 7.48. The van der Waals surface area contributed by atoms with Gasteiger partial charge in [-0.3, -0.25) is 4.79 Å². The number of carboxylic acid groups (broad SMARTS) is 1. The van der Waals surface area contributed by atoms with Crippen molar-refractivity contribution in [1.29, 1.82) is 0 Å². The summed E-state index contributed by atoms with van der Waals surface area (Å²) in [7, 11) is 0. The van der Waals surface area contributed by atoms with Crippen LogP contribution in [0, 0.1) is 11.8 Å². The minimum Gasteiger partial charge on any atom is -0.478 e. The van der Waals surface area contributed by atoms with Crippen molar-refractivity contribution in [3.05, 3.63) is 89.2 Å². The van der Waals surface area contributed by atoms with Gasteiger partial charge in [0.15, 0.2) is 0 Å². The number of benzene rings is 2. The normalized spacial score (nSPS) is 9.92. The molecule has 0 fully saturated rings. The number of nitrogens with zero attached hydrogens (tertiary/aromatic N) is 1. The number of aromatic nitrogens is 1. The monoisotopic (exact) mass is 330 g/mol. The van der Waals surface area contributed by atoms with Gasteiger partial charge in [-0.15, -0.1) is 0 Å². The van der Waals surface area contributed by atoms with Gasteiger partial charge in [-0.25, -0.2) is 4.79 Å². The summed E-state index contributed by atoms with van der Waals surface area (Å²) in [5, 5.41) is 9.46. The van der Waals surface area contributed by atoms with Crippen LogP contribution in [0.25, 0.3) is 5.69 Å². The number of para-hydroxylation sites is 1. The van der Waals surface area contributed by atoms with E-state index in [1.54, 1.807) is 53.4 Å². The highest BCUT2D eigenvalue weighted by molar-refractivity contribution is 5.94. The molecular formula is C20H14N2O3. The molecule has 3 N–H and O–H groups in total. The molecule has 0 aliphatic carbocycles. The number of nitrogens with two attached hydrogens (primary N) is 1. The third-order valence-corrected chi connectivity index (χ3v) is 3.62. The van der Waals surface area contributed by atoms with E-state index in [-0.39, 0.29) is 5.56 Å². The van der Waals surface area contributed by atoms with Gasteiger partial charge in [0.05, 0.1) is 11.3 Å². The molecule has 0 atom stereocenters. The Kier molecular flexibility index (Phi) is 4.36. The summed E-state index contributed by atoms with van der Waals surface area (Å²) in [6.07, 6.45) is 3.53. The van der Waals surface area contributed by atoms with Crippen LogP contribution in [0.4, 0.5) is 0 Å². The summed E-state index contributed by atoms with van der Waals surface area (Å²) in [6, 6.07) is 15.2. The minimum atomic E-state index is -1.02. The molecule has 0 saturated carbocycles. The first kappa shape index (κ1) is 16.1. The summed E-state index contributed by atoms with van der Waals surface area (Å²) in [5.41, 5.74) is 7.50. The van der Waals surface area contributed by atoms with Gasteiger partial charge in [-0.05, 0) is 42.5 Å². The molecule has 0 bridgehead atoms. The number of carboxylic acids is 1. The summed E-state index contributed by atoms with van der Waals surface area (Å²) < 4.78 is 1.72. The van der Waals surface area contributed by atoms with E-state index in [0.29, 0.717) is 22.4 Å². The molecule has 0 spiro atoms. The second-order valence-corrected chi connectivity index (χ2v) is 5.29. The lowest BCUT2D eigenvalue weighted by molar-refractivity contribution is 0.0696. The minimum absolute atomic E-state index is 0.161. The number of rotatable bonds is 3. The van der Waals surface area contributed by atoms with Crippen LogP contribution < -0.4 is 5.73 Å². The summed E-state index contributed by atoms with van der Waals surface area (Å²) in [4.78, 5) is 22.8. The lowest BCUT2D eigenvalue weighted by Gasteiger charge is -2.10. The Hall–Kier alpha value is -3.78. The molecular weight excluding hydrogens is 316 g/mol. The molecule has 3 rings (SSSR count). The molecule has 1 aromatic heterocycles. The van der Waals surface area contributed by atoms with Crippen molar-refractivity contribution in [3.8, 4) is 17.5 Å². The number of primary amides is 1. The van der Waals surface area contributed by atoms with Gasteiger partial charge in [0.2, 0.25) is 5.91 Å². The zero-order chi connectivity index (χ0) is 17.8. The fraction of sp³-hybridized carbons (Fsp3) is 0. The number of hydrogen-bond donors (Lipinski definition) is 2. The second-order valence-electron chi connectivity index (χ2n) is 5.29. The van der Waals surface area contributed by atoms with Crippen LogP contribution in [0.15, 0.2) is 67.0 Å². The zero-order valence-electron chi connectivity index (χ0n) is 13.1. The van der Waals surface area contributed by atoms with Gasteiger partial charge in [-0.1, -0.05) is 24.0 Å². The van der Waals surface area contributed by atoms with Crippen molar-refractivity contribution in [2.24, 2.45) is 5.73 Å². The van der Waals surface area contributed by atoms with E-state index < -0.39 is 11.9 Å². The van der Waals surface area contributed by atoms with Gasteiger partial charge < -0.3 is 15.4 Å². The zero-order valence-corrected chi connectivity index (χ0v) is 13.1. The predicted octanol–water partition coefficient (Wildman–Crippen LogP) is 2.67.